The summed E-state index contributed by atoms with van der Waals surface area (Å²) >= 11 is -1.59. The van der Waals surface area contributed by atoms with E-state index >= 15 is 0 Å². The Kier molecular flexibility index (Phi) is 6.07. The van der Waals surface area contributed by atoms with Crippen LogP contribution in [0.5, 0.6) is 5.75 Å². The number of carbonyl (C=O) groups is 2. The zero-order valence-electron chi connectivity index (χ0n) is 13.8. The second-order valence-electron chi connectivity index (χ2n) is 5.31. The molecule has 7 nitrogen and oxygen atoms in total. The summed E-state index contributed by atoms with van der Waals surface area (Å²) in [5.41, 5.74) is 0.935. The Morgan fingerprint density at radius 2 is 1.81 bits per heavy atom. The summed E-state index contributed by atoms with van der Waals surface area (Å²) in [4.78, 5) is 28.5. The van der Waals surface area contributed by atoms with Gasteiger partial charge in [-0.2, -0.15) is 0 Å². The van der Waals surface area contributed by atoms with Gasteiger partial charge in [-0.1, -0.05) is 53.8 Å². The van der Waals surface area contributed by atoms with Crippen molar-refractivity contribution >= 4 is 39.4 Å². The van der Waals surface area contributed by atoms with Gasteiger partial charge >= 0.3 is 5.97 Å². The van der Waals surface area contributed by atoms with Gasteiger partial charge in [-0.25, -0.2) is 4.98 Å². The van der Waals surface area contributed by atoms with E-state index in [9.17, 15) is 18.4 Å². The lowest BCUT2D eigenvalue weighted by atomic mass is 10.1. The maximum absolute atomic E-state index is 12.5. The maximum Gasteiger partial charge on any atom is 0.315 e. The minimum atomic E-state index is -2.41. The average molecular weight is 401 g/mol. The molecule has 0 spiro atoms. The van der Waals surface area contributed by atoms with Crippen molar-refractivity contribution in [3.05, 3.63) is 71.9 Å². The van der Waals surface area contributed by atoms with Gasteiger partial charge in [0.15, 0.2) is 5.13 Å². The van der Waals surface area contributed by atoms with Gasteiger partial charge in [-0.05, 0) is 28.8 Å². The largest absolute Gasteiger partial charge is 0.768 e. The third-order valence-electron chi connectivity index (χ3n) is 3.42. The maximum atomic E-state index is 12.5. The van der Waals surface area contributed by atoms with E-state index < -0.39 is 23.0 Å². The van der Waals surface area contributed by atoms with Crippen molar-refractivity contribution in [1.82, 2.24) is 4.98 Å². The fourth-order valence-corrected chi connectivity index (χ4v) is 3.42. The van der Waals surface area contributed by atoms with Crippen molar-refractivity contribution in [3.63, 3.8) is 0 Å². The predicted molar refractivity (Wildman–Crippen MR) is 99.5 cm³/mol. The fourth-order valence-electron chi connectivity index (χ4n) is 2.22. The van der Waals surface area contributed by atoms with Gasteiger partial charge in [0.1, 0.15) is 5.75 Å². The highest BCUT2D eigenvalue weighted by atomic mass is 32.2. The van der Waals surface area contributed by atoms with E-state index in [-0.39, 0.29) is 27.1 Å². The molecule has 138 valence electrons. The number of nitrogens with zero attached hydrogens (tertiary/aromatic N) is 1. The summed E-state index contributed by atoms with van der Waals surface area (Å²) in [6.07, 6.45) is 1.22. The minimum Gasteiger partial charge on any atom is -0.768 e. The van der Waals surface area contributed by atoms with Crippen LogP contribution in [0.25, 0.3) is 0 Å². The summed E-state index contributed by atoms with van der Waals surface area (Å²) in [5, 5.41) is 2.63. The number of thiazole rings is 1. The van der Waals surface area contributed by atoms with E-state index in [0.717, 1.165) is 23.1 Å². The Morgan fingerprint density at radius 1 is 1.11 bits per heavy atom. The molecule has 3 aromatic rings. The molecule has 0 saturated carbocycles. The first-order chi connectivity index (χ1) is 13.0. The van der Waals surface area contributed by atoms with Crippen molar-refractivity contribution in [3.8, 4) is 5.75 Å². The second kappa shape index (κ2) is 8.67. The lowest BCUT2D eigenvalue weighted by Gasteiger charge is -2.09. The molecule has 0 aliphatic carbocycles. The summed E-state index contributed by atoms with van der Waals surface area (Å²) in [7, 11) is 0. The van der Waals surface area contributed by atoms with Gasteiger partial charge in [0.05, 0.1) is 22.4 Å². The van der Waals surface area contributed by atoms with Gasteiger partial charge in [-0.3, -0.25) is 19.1 Å². The lowest BCUT2D eigenvalue weighted by molar-refractivity contribution is -0.133. The van der Waals surface area contributed by atoms with Crippen molar-refractivity contribution < 1.29 is 23.1 Å². The van der Waals surface area contributed by atoms with Crippen LogP contribution in [0, 0.1) is 0 Å². The van der Waals surface area contributed by atoms with Crippen LogP contribution in [0.3, 0.4) is 0 Å². The Labute approximate surface area is 161 Å². The summed E-state index contributed by atoms with van der Waals surface area (Å²) in [6.45, 7) is 0. The topological polar surface area (TPSA) is 108 Å². The highest BCUT2D eigenvalue weighted by Crippen LogP contribution is 2.24. The lowest BCUT2D eigenvalue weighted by Crippen LogP contribution is -2.17. The van der Waals surface area contributed by atoms with Crippen LogP contribution in [0.2, 0.25) is 0 Å². The number of rotatable bonds is 6. The monoisotopic (exact) mass is 401 g/mol. The van der Waals surface area contributed by atoms with Crippen LogP contribution in [0.1, 0.15) is 15.9 Å². The first-order valence-electron chi connectivity index (χ1n) is 7.73. The van der Waals surface area contributed by atoms with Gasteiger partial charge in [0, 0.05) is 0 Å². The smallest absolute Gasteiger partial charge is 0.315 e. The Balaban J connectivity index is 1.71. The predicted octanol–water partition coefficient (Wildman–Crippen LogP) is 2.78. The molecule has 9 heteroatoms. The summed E-state index contributed by atoms with van der Waals surface area (Å²) in [6, 6.07) is 15.4. The molecule has 0 aliphatic heterocycles. The van der Waals surface area contributed by atoms with E-state index in [1.807, 2.05) is 18.2 Å². The molecule has 1 unspecified atom stereocenters. The van der Waals surface area contributed by atoms with Crippen LogP contribution >= 0.6 is 11.3 Å². The second-order valence-corrected chi connectivity index (χ2v) is 7.50. The molecule has 3 rings (SSSR count). The first-order valence-corrected chi connectivity index (χ1v) is 9.62. The van der Waals surface area contributed by atoms with Gasteiger partial charge in [0.2, 0.25) is 0 Å². The first kappa shape index (κ1) is 18.9. The van der Waals surface area contributed by atoms with E-state index in [1.165, 1.54) is 12.1 Å². The number of anilines is 1. The van der Waals surface area contributed by atoms with Crippen LogP contribution in [0.15, 0.2) is 65.0 Å². The zero-order chi connectivity index (χ0) is 19.2. The number of para-hydroxylation sites is 1. The normalized spacial score (nSPS) is 11.6. The molecular formula is C18H13N2O5S2-. The summed E-state index contributed by atoms with van der Waals surface area (Å²) < 4.78 is 27.1. The number of carbonyl (C=O) groups excluding carboxylic acids is 2. The molecule has 2 aromatic carbocycles. The summed E-state index contributed by atoms with van der Waals surface area (Å²) in [5.74, 6) is -0.949. The number of ether oxygens (including phenoxy) is 1. The van der Waals surface area contributed by atoms with E-state index in [1.54, 1.807) is 24.3 Å². The highest BCUT2D eigenvalue weighted by Gasteiger charge is 2.17. The average Bonchev–Trinajstić information content (AvgIpc) is 3.11. The number of hydrogen-bond acceptors (Lipinski definition) is 7. The van der Waals surface area contributed by atoms with Gasteiger partial charge in [-0.15, -0.1) is 0 Å². The third-order valence-corrected chi connectivity index (χ3v) is 5.22. The fraction of sp³-hybridized carbons (Fsp3) is 0.0556. The Bertz CT molecular complexity index is 988. The molecule has 0 aliphatic rings. The van der Waals surface area contributed by atoms with Crippen molar-refractivity contribution in [1.29, 1.82) is 0 Å². The molecular weight excluding hydrogens is 388 g/mol. The third kappa shape index (κ3) is 5.07. The number of esters is 1. The van der Waals surface area contributed by atoms with Crippen molar-refractivity contribution in [2.75, 3.05) is 5.32 Å². The molecule has 1 heterocycles. The Morgan fingerprint density at radius 3 is 2.52 bits per heavy atom. The highest BCUT2D eigenvalue weighted by molar-refractivity contribution is 7.81. The van der Waals surface area contributed by atoms with Crippen LogP contribution < -0.4 is 10.1 Å². The van der Waals surface area contributed by atoms with Gasteiger partial charge in [0.25, 0.3) is 5.91 Å². The molecule has 1 N–H and O–H groups in total. The molecule has 1 atom stereocenters. The standard InChI is InChI=1S/C18H14N2O5S2/c21-15(10-12-6-2-1-3-7-12)25-14-9-5-4-8-13(14)17(22)20-18-19-11-16(26-18)27(23)24/h1-9,11H,10H2,(H,23,24)(H,19,20,22)/p-1. The molecule has 0 fully saturated rings. The molecule has 1 amide bonds. The van der Waals surface area contributed by atoms with E-state index in [0.29, 0.717) is 0 Å². The van der Waals surface area contributed by atoms with Crippen molar-refractivity contribution in [2.45, 2.75) is 10.6 Å². The zero-order valence-corrected chi connectivity index (χ0v) is 15.4. The van der Waals surface area contributed by atoms with Crippen LogP contribution in [-0.2, 0) is 22.3 Å². The van der Waals surface area contributed by atoms with Crippen LogP contribution in [-0.4, -0.2) is 25.6 Å². The van der Waals surface area contributed by atoms with E-state index in [4.69, 9.17) is 4.74 Å². The van der Waals surface area contributed by atoms with Crippen molar-refractivity contribution in [2.24, 2.45) is 0 Å². The van der Waals surface area contributed by atoms with Gasteiger partial charge < -0.3 is 9.29 Å². The number of benzene rings is 2. The van der Waals surface area contributed by atoms with Crippen LogP contribution in [0.4, 0.5) is 5.13 Å². The Hall–Kier alpha value is -2.88. The number of nitrogens with one attached hydrogen (secondary N) is 1. The molecule has 1 aromatic heterocycles. The number of amides is 1. The molecule has 27 heavy (non-hydrogen) atoms. The number of aromatic nitrogens is 1. The molecule has 0 saturated heterocycles. The van der Waals surface area contributed by atoms with E-state index in [2.05, 4.69) is 10.3 Å². The SMILES string of the molecule is O=C(Cc1ccccc1)Oc1ccccc1C(=O)Nc1ncc(S(=O)[O-])s1. The quantitative estimate of drug-likeness (QED) is 0.386. The number of hydrogen-bond donors (Lipinski definition) is 1. The molecule has 0 radical (unpaired) electrons. The minimum absolute atomic E-state index is 0.00729. The molecule has 0 bridgehead atoms.